The first-order valence-corrected chi connectivity index (χ1v) is 3.91. The number of anilines is 1. The van der Waals surface area contributed by atoms with Crippen LogP contribution in [0.15, 0.2) is 0 Å². The maximum atomic E-state index is 8.50. The van der Waals surface area contributed by atoms with Gasteiger partial charge in [-0.25, -0.2) is 4.98 Å². The summed E-state index contributed by atoms with van der Waals surface area (Å²) in [4.78, 5) is 3.61. The van der Waals surface area contributed by atoms with E-state index in [1.54, 1.807) is 6.07 Å². The number of aromatic nitrogens is 1. The minimum Gasteiger partial charge on any atom is -0.396 e. The third kappa shape index (κ3) is 1.42. The average molecular weight is 225 g/mol. The first-order valence-electron chi connectivity index (χ1n) is 2.78. The summed E-state index contributed by atoms with van der Waals surface area (Å²) in [5.74, 6) is 0. The van der Waals surface area contributed by atoms with Gasteiger partial charge in [-0.3, -0.25) is 0 Å². The fraction of sp³-hybridized carbons (Fsp3) is 0. The van der Waals surface area contributed by atoms with Gasteiger partial charge in [0, 0.05) is 0 Å². The smallest absolute Gasteiger partial charge is 0.163 e. The molecule has 1 aromatic heterocycles. The first kappa shape index (κ1) is 9.40. The Bertz CT molecular complexity index is 369. The number of rotatable bonds is 0. The third-order valence-electron chi connectivity index (χ3n) is 1.18. The van der Waals surface area contributed by atoms with Gasteiger partial charge in [-0.15, -0.1) is 0 Å². The van der Waals surface area contributed by atoms with E-state index >= 15 is 0 Å². The highest BCUT2D eigenvalue weighted by Crippen LogP contribution is 2.33. The molecule has 0 bridgehead atoms. The van der Waals surface area contributed by atoms with Gasteiger partial charge in [0.25, 0.3) is 0 Å². The topological polar surface area (TPSA) is 62.7 Å². The minimum absolute atomic E-state index is 0.0184. The van der Waals surface area contributed by atoms with E-state index in [9.17, 15) is 0 Å². The van der Waals surface area contributed by atoms with Crippen LogP contribution in [0.1, 0.15) is 5.69 Å². The Morgan fingerprint density at radius 2 is 1.83 bits per heavy atom. The summed E-state index contributed by atoms with van der Waals surface area (Å²) in [5, 5.41) is 8.59. The summed E-state index contributed by atoms with van der Waals surface area (Å²) in [6.45, 7) is 0. The second-order valence-corrected chi connectivity index (χ2v) is 3.02. The number of hydrogen-bond acceptors (Lipinski definition) is 3. The highest BCUT2D eigenvalue weighted by Gasteiger charge is 2.12. The molecule has 1 rings (SSSR count). The minimum atomic E-state index is -0.0245. The molecule has 1 aromatic rings. The molecule has 12 heavy (non-hydrogen) atoms. The van der Waals surface area contributed by atoms with Crippen molar-refractivity contribution in [2.45, 2.75) is 0 Å². The molecule has 2 N–H and O–H groups in total. The van der Waals surface area contributed by atoms with Gasteiger partial charge in [-0.2, -0.15) is 5.26 Å². The van der Waals surface area contributed by atoms with Crippen molar-refractivity contribution in [3.05, 3.63) is 20.9 Å². The number of nitrogens with zero attached hydrogens (tertiary/aromatic N) is 2. The molecule has 0 unspecified atom stereocenters. The van der Waals surface area contributed by atoms with Gasteiger partial charge in [0.2, 0.25) is 0 Å². The summed E-state index contributed by atoms with van der Waals surface area (Å²) < 4.78 is 0. The van der Waals surface area contributed by atoms with Crippen LogP contribution in [0.25, 0.3) is 0 Å². The zero-order valence-corrected chi connectivity index (χ0v) is 7.87. The van der Waals surface area contributed by atoms with Gasteiger partial charge in [0.15, 0.2) is 10.8 Å². The van der Waals surface area contributed by atoms with Crippen molar-refractivity contribution in [3.63, 3.8) is 0 Å². The van der Waals surface area contributed by atoms with E-state index in [1.807, 2.05) is 0 Å². The molecule has 6 heteroatoms. The summed E-state index contributed by atoms with van der Waals surface area (Å²) >= 11 is 16.8. The van der Waals surface area contributed by atoms with Crippen LogP contribution in [0.4, 0.5) is 5.69 Å². The molecule has 3 nitrogen and oxygen atoms in total. The van der Waals surface area contributed by atoms with Crippen LogP contribution in [-0.4, -0.2) is 4.98 Å². The average Bonchev–Trinajstić information content (AvgIpc) is 2.08. The summed E-state index contributed by atoms with van der Waals surface area (Å²) in [5.41, 5.74) is 5.47. The number of hydrogen-bond donors (Lipinski definition) is 1. The Morgan fingerprint density at radius 1 is 1.25 bits per heavy atom. The Kier molecular flexibility index (Phi) is 2.63. The summed E-state index contributed by atoms with van der Waals surface area (Å²) in [6.07, 6.45) is 0. The monoisotopic (exact) mass is 224 g/mol. The number of pyridine rings is 1. The fourth-order valence-corrected chi connectivity index (χ4v) is 1.16. The molecule has 62 valence electrons. The molecule has 0 fully saturated rings. The quantitative estimate of drug-likeness (QED) is 0.690. The molecule has 0 aliphatic rings. The molecule has 0 atom stereocenters. The van der Waals surface area contributed by atoms with E-state index in [-0.39, 0.29) is 26.6 Å². The van der Waals surface area contributed by atoms with Crippen molar-refractivity contribution in [1.82, 2.24) is 4.98 Å². The highest BCUT2D eigenvalue weighted by atomic mass is 35.5. The van der Waals surface area contributed by atoms with Crippen LogP contribution >= 0.6 is 34.8 Å². The summed E-state index contributed by atoms with van der Waals surface area (Å²) in [7, 11) is 0. The molecule has 0 aromatic carbocycles. The predicted octanol–water partition coefficient (Wildman–Crippen LogP) is 2.50. The van der Waals surface area contributed by atoms with E-state index < -0.39 is 0 Å². The molecule has 0 aliphatic heterocycles. The van der Waals surface area contributed by atoms with E-state index in [0.29, 0.717) is 0 Å². The Hall–Kier alpha value is -0.690. The molecular weight excluding hydrogens is 223 g/mol. The van der Waals surface area contributed by atoms with Crippen LogP contribution in [0, 0.1) is 11.3 Å². The highest BCUT2D eigenvalue weighted by molar-refractivity contribution is 6.45. The van der Waals surface area contributed by atoms with Gasteiger partial charge in [0.05, 0.1) is 5.69 Å². The normalized spacial score (nSPS) is 9.50. The van der Waals surface area contributed by atoms with E-state index in [0.717, 1.165) is 0 Å². The maximum absolute atomic E-state index is 8.50. The molecule has 0 amide bonds. The standard InChI is InChI=1S/C6H2Cl3N3/c7-3-2(1-10)12-6(9)4(8)5(3)11/h(H2,11,12)/i2+1,6+1,12+1. The van der Waals surface area contributed by atoms with Crippen molar-refractivity contribution in [2.75, 3.05) is 5.73 Å². The van der Waals surface area contributed by atoms with Gasteiger partial charge in [-0.1, -0.05) is 34.8 Å². The van der Waals surface area contributed by atoms with Crippen LogP contribution in [0.3, 0.4) is 0 Å². The zero-order chi connectivity index (χ0) is 9.30. The Labute approximate surface area is 83.7 Å². The second kappa shape index (κ2) is 3.36. The van der Waals surface area contributed by atoms with Crippen LogP contribution in [0.5, 0.6) is 0 Å². The molecule has 0 saturated carbocycles. The molecule has 0 radical (unpaired) electrons. The van der Waals surface area contributed by atoms with Gasteiger partial charge in [-0.05, 0) is 0 Å². The van der Waals surface area contributed by atoms with E-state index in [2.05, 4.69) is 4.98 Å². The van der Waals surface area contributed by atoms with Crippen LogP contribution < -0.4 is 5.73 Å². The number of halogens is 3. The molecular formula is C6H2Cl3N3. The lowest BCUT2D eigenvalue weighted by atomic mass is 10.5. The first-order chi connectivity index (χ1) is 5.57. The number of nitriles is 1. The fourth-order valence-electron chi connectivity index (χ4n) is 0.605. The zero-order valence-electron chi connectivity index (χ0n) is 5.61. The SMILES string of the molecule is N#C[13c]1[15n][13c](Cl)c(Cl)c(N)c1Cl. The van der Waals surface area contributed by atoms with Crippen molar-refractivity contribution in [3.8, 4) is 6.07 Å². The van der Waals surface area contributed by atoms with Gasteiger partial charge < -0.3 is 5.73 Å². The van der Waals surface area contributed by atoms with E-state index in [4.69, 9.17) is 45.8 Å². The lowest BCUT2D eigenvalue weighted by molar-refractivity contribution is 1.27. The number of nitrogen functional groups attached to an aromatic ring is 1. The van der Waals surface area contributed by atoms with Crippen molar-refractivity contribution in [1.29, 1.82) is 5.26 Å². The lowest BCUT2D eigenvalue weighted by Gasteiger charge is -2.02. The Morgan fingerprint density at radius 3 is 2.33 bits per heavy atom. The molecule has 0 spiro atoms. The van der Waals surface area contributed by atoms with Crippen LogP contribution in [-0.2, 0) is 0 Å². The maximum Gasteiger partial charge on any atom is 0.163 e. The Balaban J connectivity index is 3.52. The molecule has 0 saturated heterocycles. The molecule has 1 heterocycles. The molecule has 0 aliphatic carbocycles. The van der Waals surface area contributed by atoms with Crippen molar-refractivity contribution >= 4 is 40.5 Å². The lowest BCUT2D eigenvalue weighted by Crippen LogP contribution is -1.95. The van der Waals surface area contributed by atoms with Gasteiger partial charge in [0.1, 0.15) is 16.1 Å². The van der Waals surface area contributed by atoms with Crippen LogP contribution in [0.2, 0.25) is 15.2 Å². The largest absolute Gasteiger partial charge is 0.396 e. The van der Waals surface area contributed by atoms with Crippen molar-refractivity contribution < 1.29 is 0 Å². The third-order valence-corrected chi connectivity index (χ3v) is 2.31. The van der Waals surface area contributed by atoms with Crippen molar-refractivity contribution in [2.24, 2.45) is 0 Å². The van der Waals surface area contributed by atoms with Gasteiger partial charge >= 0.3 is 0 Å². The number of nitrogens with two attached hydrogens (primary N) is 1. The van der Waals surface area contributed by atoms with E-state index in [1.165, 1.54) is 0 Å². The second-order valence-electron chi connectivity index (χ2n) is 1.90. The summed E-state index contributed by atoms with van der Waals surface area (Å²) in [6, 6.07) is 1.74. The predicted molar refractivity (Wildman–Crippen MR) is 48.4 cm³/mol.